The van der Waals surface area contributed by atoms with Crippen LogP contribution in [0, 0.1) is 6.92 Å². The van der Waals surface area contributed by atoms with Gasteiger partial charge in [0.2, 0.25) is 0 Å². The number of aromatic nitrogens is 2. The van der Waals surface area contributed by atoms with Gasteiger partial charge in [-0.25, -0.2) is 0 Å². The van der Waals surface area contributed by atoms with Crippen molar-refractivity contribution in [3.8, 4) is 17.2 Å². The molecule has 36 heavy (non-hydrogen) atoms. The van der Waals surface area contributed by atoms with Crippen LogP contribution in [-0.4, -0.2) is 35.9 Å². The molecule has 3 aromatic carbocycles. The third-order valence-electron chi connectivity index (χ3n) is 5.23. The van der Waals surface area contributed by atoms with E-state index in [1.807, 2.05) is 31.2 Å². The summed E-state index contributed by atoms with van der Waals surface area (Å²) in [5.74, 6) is 0.407. The molecule has 184 valence electrons. The van der Waals surface area contributed by atoms with Crippen molar-refractivity contribution >= 4 is 28.9 Å². The fraction of sp³-hybridized carbons (Fsp3) is 0.148. The summed E-state index contributed by atoms with van der Waals surface area (Å²) in [5.41, 5.74) is 2.36. The van der Waals surface area contributed by atoms with Crippen LogP contribution in [0.3, 0.4) is 0 Å². The van der Waals surface area contributed by atoms with Crippen molar-refractivity contribution in [3.63, 3.8) is 0 Å². The van der Waals surface area contributed by atoms with E-state index in [0.29, 0.717) is 40.9 Å². The largest absolute Gasteiger partial charge is 0.453 e. The zero-order valence-electron chi connectivity index (χ0n) is 19.8. The molecular formula is C27H25ClN4O4. The van der Waals surface area contributed by atoms with Crippen LogP contribution in [-0.2, 0) is 4.74 Å². The highest BCUT2D eigenvalue weighted by molar-refractivity contribution is 6.30. The topological polar surface area (TPSA) is 94.5 Å². The Morgan fingerprint density at radius 1 is 1.06 bits per heavy atom. The van der Waals surface area contributed by atoms with Crippen molar-refractivity contribution in [2.75, 3.05) is 25.6 Å². The number of anilines is 2. The highest BCUT2D eigenvalue weighted by Gasteiger charge is 2.16. The zero-order chi connectivity index (χ0) is 25.5. The molecule has 4 rings (SSSR count). The molecule has 1 heterocycles. The van der Waals surface area contributed by atoms with Crippen molar-refractivity contribution in [2.24, 2.45) is 0 Å². The predicted octanol–water partition coefficient (Wildman–Crippen LogP) is 5.11. The zero-order valence-corrected chi connectivity index (χ0v) is 20.6. The van der Waals surface area contributed by atoms with Crippen LogP contribution in [0.1, 0.15) is 15.9 Å². The molecule has 0 aliphatic heterocycles. The molecule has 0 fully saturated rings. The van der Waals surface area contributed by atoms with Gasteiger partial charge in [-0.05, 0) is 55.5 Å². The van der Waals surface area contributed by atoms with E-state index in [0.717, 1.165) is 5.56 Å². The molecule has 1 amide bonds. The van der Waals surface area contributed by atoms with E-state index in [-0.39, 0.29) is 17.3 Å². The van der Waals surface area contributed by atoms with Crippen LogP contribution in [0.5, 0.6) is 11.5 Å². The molecule has 4 aromatic rings. The first kappa shape index (κ1) is 25.0. The van der Waals surface area contributed by atoms with Crippen molar-refractivity contribution in [2.45, 2.75) is 6.92 Å². The standard InChI is InChI=1S/C27H25ClN4O4/c1-18-9-11-22(12-10-18)32-27(34)25(24(17-30-32)36-23-8-4-6-20(28)16-23)31-21-7-3-5-19(15-21)26(33)29-13-14-35-2/h3-12,15-17,31H,13-14H2,1-2H3,(H,29,33). The number of benzene rings is 3. The lowest BCUT2D eigenvalue weighted by molar-refractivity contribution is 0.0937. The molecule has 0 bridgehead atoms. The van der Waals surface area contributed by atoms with E-state index in [4.69, 9.17) is 21.1 Å². The fourth-order valence-electron chi connectivity index (χ4n) is 3.41. The third-order valence-corrected chi connectivity index (χ3v) is 5.47. The number of nitrogens with one attached hydrogen (secondary N) is 2. The Hall–Kier alpha value is -4.14. The van der Waals surface area contributed by atoms with Gasteiger partial charge in [0.25, 0.3) is 11.5 Å². The number of methoxy groups -OCH3 is 1. The predicted molar refractivity (Wildman–Crippen MR) is 140 cm³/mol. The second-order valence-corrected chi connectivity index (χ2v) is 8.39. The lowest BCUT2D eigenvalue weighted by Gasteiger charge is -2.15. The van der Waals surface area contributed by atoms with E-state index in [1.54, 1.807) is 55.6 Å². The van der Waals surface area contributed by atoms with Crippen LogP contribution < -0.4 is 20.9 Å². The Morgan fingerprint density at radius 3 is 2.58 bits per heavy atom. The number of rotatable bonds is 9. The van der Waals surface area contributed by atoms with Gasteiger partial charge in [-0.2, -0.15) is 9.78 Å². The Morgan fingerprint density at radius 2 is 1.83 bits per heavy atom. The van der Waals surface area contributed by atoms with E-state index < -0.39 is 5.56 Å². The summed E-state index contributed by atoms with van der Waals surface area (Å²) in [5, 5.41) is 10.7. The summed E-state index contributed by atoms with van der Waals surface area (Å²) in [6, 6.07) is 21.1. The van der Waals surface area contributed by atoms with Gasteiger partial charge >= 0.3 is 0 Å². The highest BCUT2D eigenvalue weighted by Crippen LogP contribution is 2.30. The minimum atomic E-state index is -0.423. The Labute approximate surface area is 213 Å². The maximum absolute atomic E-state index is 13.6. The highest BCUT2D eigenvalue weighted by atomic mass is 35.5. The van der Waals surface area contributed by atoms with Gasteiger partial charge in [0.05, 0.1) is 18.5 Å². The van der Waals surface area contributed by atoms with Crippen molar-refractivity contribution in [1.82, 2.24) is 15.1 Å². The average Bonchev–Trinajstić information content (AvgIpc) is 2.87. The van der Waals surface area contributed by atoms with Gasteiger partial charge in [-0.3, -0.25) is 9.59 Å². The minimum absolute atomic E-state index is 0.155. The number of carbonyl (C=O) groups excluding carboxylic acids is 1. The first-order valence-electron chi connectivity index (χ1n) is 11.2. The number of nitrogens with zero attached hydrogens (tertiary/aromatic N) is 2. The SMILES string of the molecule is COCCNC(=O)c1cccc(Nc2c(Oc3cccc(Cl)c3)cnn(-c3ccc(C)cc3)c2=O)c1. The number of hydrogen-bond acceptors (Lipinski definition) is 6. The summed E-state index contributed by atoms with van der Waals surface area (Å²) in [6.07, 6.45) is 1.46. The van der Waals surface area contributed by atoms with Crippen molar-refractivity contribution in [3.05, 3.63) is 105 Å². The monoisotopic (exact) mass is 504 g/mol. The molecule has 0 aliphatic rings. The molecule has 0 radical (unpaired) electrons. The fourth-order valence-corrected chi connectivity index (χ4v) is 3.59. The van der Waals surface area contributed by atoms with Gasteiger partial charge in [0, 0.05) is 29.9 Å². The molecule has 8 nitrogen and oxygen atoms in total. The van der Waals surface area contributed by atoms with E-state index >= 15 is 0 Å². The van der Waals surface area contributed by atoms with E-state index in [9.17, 15) is 9.59 Å². The first-order chi connectivity index (χ1) is 17.4. The summed E-state index contributed by atoms with van der Waals surface area (Å²) in [6.45, 7) is 2.76. The molecule has 0 aliphatic carbocycles. The van der Waals surface area contributed by atoms with E-state index in [2.05, 4.69) is 15.7 Å². The number of ether oxygens (including phenoxy) is 2. The summed E-state index contributed by atoms with van der Waals surface area (Å²) in [7, 11) is 1.57. The number of halogens is 1. The second kappa shape index (κ2) is 11.5. The Balaban J connectivity index is 1.72. The van der Waals surface area contributed by atoms with Gasteiger partial charge < -0.3 is 20.1 Å². The number of hydrogen-bond donors (Lipinski definition) is 2. The van der Waals surface area contributed by atoms with Crippen molar-refractivity contribution in [1.29, 1.82) is 0 Å². The maximum Gasteiger partial charge on any atom is 0.299 e. The van der Waals surface area contributed by atoms with Gasteiger partial charge in [-0.15, -0.1) is 0 Å². The van der Waals surface area contributed by atoms with Crippen LogP contribution in [0.2, 0.25) is 5.02 Å². The number of carbonyl (C=O) groups is 1. The molecule has 0 saturated heterocycles. The summed E-state index contributed by atoms with van der Waals surface area (Å²) >= 11 is 6.10. The number of aryl methyl sites for hydroxylation is 1. The van der Waals surface area contributed by atoms with Crippen LogP contribution in [0.15, 0.2) is 83.8 Å². The normalized spacial score (nSPS) is 10.6. The summed E-state index contributed by atoms with van der Waals surface area (Å²) < 4.78 is 12.2. The minimum Gasteiger partial charge on any atom is -0.453 e. The molecule has 0 spiro atoms. The van der Waals surface area contributed by atoms with Crippen LogP contribution in [0.25, 0.3) is 5.69 Å². The smallest absolute Gasteiger partial charge is 0.299 e. The van der Waals surface area contributed by atoms with Gasteiger partial charge in [0.1, 0.15) is 5.75 Å². The van der Waals surface area contributed by atoms with Crippen LogP contribution in [0.4, 0.5) is 11.4 Å². The Kier molecular flexibility index (Phi) is 7.99. The second-order valence-electron chi connectivity index (χ2n) is 7.95. The lowest BCUT2D eigenvalue weighted by Crippen LogP contribution is -2.27. The quantitative estimate of drug-likeness (QED) is 0.308. The van der Waals surface area contributed by atoms with Gasteiger partial charge in [-0.1, -0.05) is 41.4 Å². The molecule has 0 saturated carbocycles. The van der Waals surface area contributed by atoms with Gasteiger partial charge in [0.15, 0.2) is 11.4 Å². The lowest BCUT2D eigenvalue weighted by atomic mass is 10.2. The number of amides is 1. The molecule has 1 aromatic heterocycles. The maximum atomic E-state index is 13.6. The average molecular weight is 505 g/mol. The molecule has 2 N–H and O–H groups in total. The molecule has 0 unspecified atom stereocenters. The summed E-state index contributed by atoms with van der Waals surface area (Å²) in [4.78, 5) is 26.1. The van der Waals surface area contributed by atoms with Crippen LogP contribution >= 0.6 is 11.6 Å². The third kappa shape index (κ3) is 6.10. The van der Waals surface area contributed by atoms with Crippen molar-refractivity contribution < 1.29 is 14.3 Å². The first-order valence-corrected chi connectivity index (χ1v) is 11.6. The van der Waals surface area contributed by atoms with E-state index in [1.165, 1.54) is 10.9 Å². The molecular weight excluding hydrogens is 480 g/mol. The molecule has 0 atom stereocenters. The molecule has 9 heteroatoms. The Bertz CT molecular complexity index is 1420.